The number of ketones is 1. The quantitative estimate of drug-likeness (QED) is 0.770. The Hall–Kier alpha value is -1.15. The first kappa shape index (κ1) is 14.3. The Bertz CT molecular complexity index is 438. The Balaban J connectivity index is 2.08. The Kier molecular flexibility index (Phi) is 4.10. The molecule has 2 unspecified atom stereocenters. The van der Waals surface area contributed by atoms with Crippen LogP contribution in [0.15, 0.2) is 30.3 Å². The first-order valence-corrected chi connectivity index (χ1v) is 7.24. The van der Waals surface area contributed by atoms with Crippen LogP contribution in [0.1, 0.15) is 44.5 Å². The fraction of sp³-hybridized carbons (Fsp3) is 0.588. The van der Waals surface area contributed by atoms with Crippen molar-refractivity contribution in [3.8, 4) is 0 Å². The molecule has 19 heavy (non-hydrogen) atoms. The summed E-state index contributed by atoms with van der Waals surface area (Å²) in [6.07, 6.45) is 1.25. The number of nitrogens with zero attached hydrogens (tertiary/aromatic N) is 1. The Labute approximate surface area is 116 Å². The summed E-state index contributed by atoms with van der Waals surface area (Å²) in [5.74, 6) is 0.998. The summed E-state index contributed by atoms with van der Waals surface area (Å²) in [6, 6.07) is 10.2. The maximum atomic E-state index is 12.6. The molecule has 0 radical (unpaired) electrons. The largest absolute Gasteiger partial charge is 0.299 e. The molecule has 1 aliphatic heterocycles. The van der Waals surface area contributed by atoms with E-state index < -0.39 is 0 Å². The molecule has 1 aromatic rings. The van der Waals surface area contributed by atoms with E-state index in [1.54, 1.807) is 0 Å². The summed E-state index contributed by atoms with van der Waals surface area (Å²) in [5, 5.41) is 0. The van der Waals surface area contributed by atoms with E-state index in [1.165, 1.54) is 6.42 Å². The van der Waals surface area contributed by atoms with Crippen LogP contribution in [0.2, 0.25) is 0 Å². The number of benzene rings is 1. The number of hydrogen-bond acceptors (Lipinski definition) is 2. The first-order valence-electron chi connectivity index (χ1n) is 7.24. The van der Waals surface area contributed by atoms with Gasteiger partial charge < -0.3 is 0 Å². The zero-order valence-electron chi connectivity index (χ0n) is 12.5. The molecule has 104 valence electrons. The highest BCUT2D eigenvalue weighted by atomic mass is 16.1. The van der Waals surface area contributed by atoms with E-state index in [0.29, 0.717) is 6.04 Å². The third-order valence-electron chi connectivity index (χ3n) is 4.16. The Morgan fingerprint density at radius 3 is 2.42 bits per heavy atom. The molecule has 2 heteroatoms. The van der Waals surface area contributed by atoms with Crippen LogP contribution >= 0.6 is 0 Å². The van der Waals surface area contributed by atoms with E-state index in [-0.39, 0.29) is 11.2 Å². The van der Waals surface area contributed by atoms with Crippen molar-refractivity contribution in [1.82, 2.24) is 4.90 Å². The highest BCUT2D eigenvalue weighted by Gasteiger charge is 2.35. The molecule has 0 bridgehead atoms. The number of carbonyl (C=O) groups excluding carboxylic acids is 1. The predicted octanol–water partition coefficient (Wildman–Crippen LogP) is 3.63. The smallest absolute Gasteiger partial charge is 0.169 e. The van der Waals surface area contributed by atoms with Gasteiger partial charge in [0, 0.05) is 30.1 Å². The van der Waals surface area contributed by atoms with Gasteiger partial charge in [-0.2, -0.15) is 0 Å². The van der Waals surface area contributed by atoms with Gasteiger partial charge >= 0.3 is 0 Å². The van der Waals surface area contributed by atoms with Crippen molar-refractivity contribution >= 4 is 5.78 Å². The summed E-state index contributed by atoms with van der Waals surface area (Å²) in [7, 11) is 0. The van der Waals surface area contributed by atoms with E-state index >= 15 is 0 Å². The van der Waals surface area contributed by atoms with Crippen LogP contribution < -0.4 is 0 Å². The molecule has 1 fully saturated rings. The van der Waals surface area contributed by atoms with Gasteiger partial charge in [-0.3, -0.25) is 9.69 Å². The van der Waals surface area contributed by atoms with Crippen LogP contribution in [-0.2, 0) is 0 Å². The number of hydrogen-bond donors (Lipinski definition) is 0. The molecular weight excluding hydrogens is 234 g/mol. The van der Waals surface area contributed by atoms with Crippen molar-refractivity contribution < 1.29 is 4.79 Å². The fourth-order valence-corrected chi connectivity index (χ4v) is 3.17. The molecule has 1 saturated heterocycles. The molecule has 0 amide bonds. The van der Waals surface area contributed by atoms with Crippen molar-refractivity contribution in [2.75, 3.05) is 13.1 Å². The molecule has 0 spiro atoms. The summed E-state index contributed by atoms with van der Waals surface area (Å²) >= 11 is 0. The van der Waals surface area contributed by atoms with Crippen LogP contribution in [0.3, 0.4) is 0 Å². The molecule has 1 aliphatic rings. The second-order valence-corrected chi connectivity index (χ2v) is 6.70. The van der Waals surface area contributed by atoms with Gasteiger partial charge in [-0.05, 0) is 19.3 Å². The lowest BCUT2D eigenvalue weighted by Crippen LogP contribution is -2.41. The van der Waals surface area contributed by atoms with Crippen LogP contribution in [0, 0.1) is 11.3 Å². The highest BCUT2D eigenvalue weighted by Crippen LogP contribution is 2.29. The molecular formula is C17H25NO. The van der Waals surface area contributed by atoms with E-state index in [4.69, 9.17) is 0 Å². The minimum atomic E-state index is -0.320. The lowest BCUT2D eigenvalue weighted by atomic mass is 9.83. The molecule has 1 heterocycles. The average Bonchev–Trinajstić information content (AvgIpc) is 2.67. The van der Waals surface area contributed by atoms with Gasteiger partial charge in [-0.15, -0.1) is 0 Å². The Morgan fingerprint density at radius 1 is 1.26 bits per heavy atom. The maximum absolute atomic E-state index is 12.6. The lowest BCUT2D eigenvalue weighted by Gasteiger charge is -2.31. The van der Waals surface area contributed by atoms with E-state index in [0.717, 1.165) is 24.6 Å². The monoisotopic (exact) mass is 259 g/mol. The molecule has 2 rings (SSSR count). The molecule has 2 nitrogen and oxygen atoms in total. The summed E-state index contributed by atoms with van der Waals surface area (Å²) in [4.78, 5) is 15.1. The predicted molar refractivity (Wildman–Crippen MR) is 79.4 cm³/mol. The van der Waals surface area contributed by atoms with Crippen LogP contribution in [0.4, 0.5) is 0 Å². The van der Waals surface area contributed by atoms with Gasteiger partial charge in [-0.1, -0.05) is 51.1 Å². The summed E-state index contributed by atoms with van der Waals surface area (Å²) in [6.45, 7) is 10.7. The van der Waals surface area contributed by atoms with Gasteiger partial charge in [0.1, 0.15) is 0 Å². The van der Waals surface area contributed by atoms with Gasteiger partial charge in [-0.25, -0.2) is 0 Å². The van der Waals surface area contributed by atoms with Gasteiger partial charge in [0.05, 0.1) is 0 Å². The highest BCUT2D eigenvalue weighted by molar-refractivity contribution is 6.00. The molecule has 1 aromatic carbocycles. The zero-order chi connectivity index (χ0) is 14.0. The van der Waals surface area contributed by atoms with Crippen molar-refractivity contribution in [3.63, 3.8) is 0 Å². The molecule has 2 atom stereocenters. The SMILES string of the molecule is CC1CC(C)N(CC(C)(C)C(=O)c2ccccc2)C1. The number of carbonyl (C=O) groups is 1. The van der Waals surface area contributed by atoms with Crippen LogP contribution in [0.5, 0.6) is 0 Å². The topological polar surface area (TPSA) is 20.3 Å². The molecule has 0 aliphatic carbocycles. The molecule has 0 aromatic heterocycles. The van der Waals surface area contributed by atoms with E-state index in [2.05, 4.69) is 32.6 Å². The Morgan fingerprint density at radius 2 is 1.89 bits per heavy atom. The zero-order valence-corrected chi connectivity index (χ0v) is 12.5. The van der Waals surface area contributed by atoms with Gasteiger partial charge in [0.15, 0.2) is 5.78 Å². The van der Waals surface area contributed by atoms with E-state index in [9.17, 15) is 4.79 Å². The normalized spacial score (nSPS) is 24.6. The lowest BCUT2D eigenvalue weighted by molar-refractivity contribution is 0.0756. The second-order valence-electron chi connectivity index (χ2n) is 6.70. The van der Waals surface area contributed by atoms with E-state index in [1.807, 2.05) is 30.3 Å². The number of Topliss-reactive ketones (excluding diaryl/α,β-unsaturated/α-hetero) is 1. The van der Waals surface area contributed by atoms with Crippen LogP contribution in [-0.4, -0.2) is 29.8 Å². The average molecular weight is 259 g/mol. The first-order chi connectivity index (χ1) is 8.90. The standard InChI is InChI=1S/C17H25NO/c1-13-10-14(2)18(11-13)12-17(3,4)16(19)15-8-6-5-7-9-15/h5-9,13-14H,10-12H2,1-4H3. The van der Waals surface area contributed by atoms with Gasteiger partial charge in [0.2, 0.25) is 0 Å². The van der Waals surface area contributed by atoms with Crippen molar-refractivity contribution in [1.29, 1.82) is 0 Å². The maximum Gasteiger partial charge on any atom is 0.169 e. The minimum Gasteiger partial charge on any atom is -0.299 e. The van der Waals surface area contributed by atoms with Gasteiger partial charge in [0.25, 0.3) is 0 Å². The number of likely N-dealkylation sites (tertiary alicyclic amines) is 1. The minimum absolute atomic E-state index is 0.250. The summed E-state index contributed by atoms with van der Waals surface area (Å²) in [5.41, 5.74) is 0.507. The van der Waals surface area contributed by atoms with Crippen molar-refractivity contribution in [2.45, 2.75) is 40.2 Å². The fourth-order valence-electron chi connectivity index (χ4n) is 3.17. The second kappa shape index (κ2) is 5.46. The van der Waals surface area contributed by atoms with Crippen molar-refractivity contribution in [3.05, 3.63) is 35.9 Å². The molecule has 0 N–H and O–H groups in total. The van der Waals surface area contributed by atoms with Crippen molar-refractivity contribution in [2.24, 2.45) is 11.3 Å². The van der Waals surface area contributed by atoms with Crippen LogP contribution in [0.25, 0.3) is 0 Å². The molecule has 0 saturated carbocycles. The third kappa shape index (κ3) is 3.24. The number of rotatable bonds is 4. The third-order valence-corrected chi connectivity index (χ3v) is 4.16. The summed E-state index contributed by atoms with van der Waals surface area (Å²) < 4.78 is 0.